The fourth-order valence-corrected chi connectivity index (χ4v) is 4.02. The summed E-state index contributed by atoms with van der Waals surface area (Å²) in [7, 11) is 0. The number of aliphatic hydroxyl groups is 1. The minimum absolute atomic E-state index is 0.0125. The molecule has 0 bridgehead atoms. The number of unbranched alkanes of at least 4 members (excludes halogenated alkanes) is 9. The molecule has 1 rings (SSSR count). The molecule has 1 N–H and O–H groups in total. The highest BCUT2D eigenvalue weighted by molar-refractivity contribution is 5.11. The Bertz CT molecular complexity index is 358. The summed E-state index contributed by atoms with van der Waals surface area (Å²) in [4.78, 5) is 0. The number of nitrogens with zero attached hydrogens (tertiary/aromatic N) is 1. The van der Waals surface area contributed by atoms with Crippen LogP contribution in [0.4, 0.5) is 0 Å². The topological polar surface area (TPSA) is 43.4 Å². The van der Waals surface area contributed by atoms with Crippen molar-refractivity contribution in [2.45, 2.75) is 115 Å². The van der Waals surface area contributed by atoms with E-state index in [2.05, 4.69) is 13.8 Å². The zero-order chi connectivity index (χ0) is 17.9. The number of aliphatic hydroxyl groups excluding tert-OH is 1. The number of hydrogen-bond acceptors (Lipinski definition) is 2. The van der Waals surface area contributed by atoms with Crippen LogP contribution in [0.2, 0.25) is 0 Å². The van der Waals surface area contributed by atoms with Gasteiger partial charge in [-0.25, -0.2) is 0 Å². The van der Waals surface area contributed by atoms with E-state index in [-0.39, 0.29) is 12.1 Å². The van der Waals surface area contributed by atoms with Crippen LogP contribution in [-0.2, 0) is 5.21 Å². The van der Waals surface area contributed by atoms with E-state index in [0.717, 1.165) is 25.7 Å². The largest absolute Gasteiger partial charge is 0.392 e. The highest BCUT2D eigenvalue weighted by atomic mass is 16.5. The van der Waals surface area contributed by atoms with Gasteiger partial charge in [-0.15, -0.1) is 10.3 Å². The van der Waals surface area contributed by atoms with E-state index in [0.29, 0.717) is 0 Å². The van der Waals surface area contributed by atoms with Crippen molar-refractivity contribution in [2.75, 3.05) is 6.61 Å². The molecule has 1 heterocycles. The average molecular weight is 339 g/mol. The zero-order valence-electron chi connectivity index (χ0n) is 16.4. The van der Waals surface area contributed by atoms with E-state index < -0.39 is 5.54 Å². The van der Waals surface area contributed by atoms with Crippen LogP contribution >= 0.6 is 0 Å². The van der Waals surface area contributed by atoms with Crippen LogP contribution in [-0.4, -0.2) is 27.9 Å². The van der Waals surface area contributed by atoms with Crippen molar-refractivity contribution in [3.8, 4) is 0 Å². The summed E-state index contributed by atoms with van der Waals surface area (Å²) in [5, 5.41) is 23.0. The Morgan fingerprint density at radius 2 is 1.46 bits per heavy atom. The molecular formula is C21H40NO2. The zero-order valence-corrected chi connectivity index (χ0v) is 16.4. The molecule has 1 saturated heterocycles. The van der Waals surface area contributed by atoms with Crippen molar-refractivity contribution in [1.29, 1.82) is 0 Å². The monoisotopic (exact) mass is 338 g/mol. The lowest BCUT2D eigenvalue weighted by atomic mass is 9.92. The maximum Gasteiger partial charge on any atom is 0.0652 e. The maximum atomic E-state index is 12.7. The third-order valence-corrected chi connectivity index (χ3v) is 5.78. The van der Waals surface area contributed by atoms with Gasteiger partial charge in [0.25, 0.3) is 0 Å². The Labute approximate surface area is 150 Å². The minimum Gasteiger partial charge on any atom is -0.392 e. The molecule has 141 valence electrons. The quantitative estimate of drug-likeness (QED) is 0.340. The predicted octanol–water partition coefficient (Wildman–Crippen LogP) is 5.80. The summed E-state index contributed by atoms with van der Waals surface area (Å²) < 4.78 is 0. The smallest absolute Gasteiger partial charge is 0.0652 e. The summed E-state index contributed by atoms with van der Waals surface area (Å²) >= 11 is 0. The molecule has 0 amide bonds. The Kier molecular flexibility index (Phi) is 10.2. The molecule has 3 nitrogen and oxygen atoms in total. The second-order valence-corrected chi connectivity index (χ2v) is 8.17. The molecule has 1 radical (unpaired) electrons. The standard InChI is InChI=1S/C21H40NO2/c1-4-5-6-7-8-9-10-11-12-13-15-20(2)17-18-21(3,22(20)24)16-14-19-23/h14,16,23H,4-13,15,17-19H2,1-3H3/b16-14+. The third kappa shape index (κ3) is 6.85. The van der Waals surface area contributed by atoms with E-state index in [1.807, 2.05) is 13.0 Å². The normalized spacial score (nSPS) is 28.2. The summed E-state index contributed by atoms with van der Waals surface area (Å²) in [6, 6.07) is 0. The van der Waals surface area contributed by atoms with Gasteiger partial charge in [0.1, 0.15) is 0 Å². The number of hydroxylamine groups is 2. The molecule has 0 aromatic rings. The molecule has 3 heteroatoms. The molecule has 2 unspecified atom stereocenters. The first-order valence-electron chi connectivity index (χ1n) is 10.2. The Morgan fingerprint density at radius 1 is 0.917 bits per heavy atom. The molecule has 0 aliphatic carbocycles. The Balaban J connectivity index is 2.15. The van der Waals surface area contributed by atoms with E-state index >= 15 is 0 Å². The molecule has 0 spiro atoms. The van der Waals surface area contributed by atoms with Gasteiger partial charge in [0.2, 0.25) is 0 Å². The van der Waals surface area contributed by atoms with Crippen molar-refractivity contribution in [1.82, 2.24) is 5.06 Å². The molecular weight excluding hydrogens is 298 g/mol. The average Bonchev–Trinajstić information content (AvgIpc) is 2.80. The SMILES string of the molecule is CCCCCCCCCCCCC1(C)CCC(C)(/C=C/CO)N1[O]. The molecule has 2 atom stereocenters. The van der Waals surface area contributed by atoms with Crippen LogP contribution in [0.3, 0.4) is 0 Å². The molecule has 0 aromatic heterocycles. The Hall–Kier alpha value is -0.380. The molecule has 1 fully saturated rings. The molecule has 24 heavy (non-hydrogen) atoms. The predicted molar refractivity (Wildman–Crippen MR) is 101 cm³/mol. The summed E-state index contributed by atoms with van der Waals surface area (Å²) in [6.07, 6.45) is 19.8. The second kappa shape index (κ2) is 11.3. The van der Waals surface area contributed by atoms with E-state index in [1.54, 1.807) is 6.08 Å². The van der Waals surface area contributed by atoms with Gasteiger partial charge in [0, 0.05) is 5.54 Å². The van der Waals surface area contributed by atoms with Crippen molar-refractivity contribution in [2.24, 2.45) is 0 Å². The van der Waals surface area contributed by atoms with Gasteiger partial charge in [-0.2, -0.15) is 0 Å². The number of hydrogen-bond donors (Lipinski definition) is 1. The molecule has 1 aliphatic heterocycles. The van der Waals surface area contributed by atoms with Crippen LogP contribution < -0.4 is 0 Å². The van der Waals surface area contributed by atoms with Gasteiger partial charge in [-0.1, -0.05) is 83.3 Å². The van der Waals surface area contributed by atoms with Crippen molar-refractivity contribution < 1.29 is 10.3 Å². The summed E-state index contributed by atoms with van der Waals surface area (Å²) in [6.45, 7) is 6.39. The first kappa shape index (κ1) is 21.7. The maximum absolute atomic E-state index is 12.7. The summed E-state index contributed by atoms with van der Waals surface area (Å²) in [5.41, 5.74) is -0.662. The molecule has 0 aromatic carbocycles. The highest BCUT2D eigenvalue weighted by Crippen LogP contribution is 2.43. The van der Waals surface area contributed by atoms with Crippen LogP contribution in [0.1, 0.15) is 104 Å². The third-order valence-electron chi connectivity index (χ3n) is 5.78. The lowest BCUT2D eigenvalue weighted by Crippen LogP contribution is -2.47. The Morgan fingerprint density at radius 3 is 2.00 bits per heavy atom. The fourth-order valence-electron chi connectivity index (χ4n) is 4.02. The molecule has 1 aliphatic rings. The lowest BCUT2D eigenvalue weighted by molar-refractivity contribution is -0.243. The molecule has 0 saturated carbocycles. The van der Waals surface area contributed by atoms with Gasteiger partial charge in [0.05, 0.1) is 12.1 Å². The van der Waals surface area contributed by atoms with Crippen molar-refractivity contribution in [3.05, 3.63) is 12.2 Å². The van der Waals surface area contributed by atoms with Crippen molar-refractivity contribution in [3.63, 3.8) is 0 Å². The first-order chi connectivity index (χ1) is 11.5. The van der Waals surface area contributed by atoms with Crippen LogP contribution in [0.25, 0.3) is 0 Å². The number of rotatable bonds is 13. The van der Waals surface area contributed by atoms with E-state index in [1.165, 1.54) is 62.9 Å². The van der Waals surface area contributed by atoms with Gasteiger partial charge < -0.3 is 5.11 Å². The second-order valence-electron chi connectivity index (χ2n) is 8.17. The summed E-state index contributed by atoms with van der Waals surface area (Å²) in [5.74, 6) is 0. The minimum atomic E-state index is -0.435. The van der Waals surface area contributed by atoms with Gasteiger partial charge in [-0.3, -0.25) is 0 Å². The van der Waals surface area contributed by atoms with Gasteiger partial charge >= 0.3 is 0 Å². The fraction of sp³-hybridized carbons (Fsp3) is 0.905. The van der Waals surface area contributed by atoms with E-state index in [4.69, 9.17) is 5.11 Å². The van der Waals surface area contributed by atoms with E-state index in [9.17, 15) is 5.21 Å². The van der Waals surface area contributed by atoms with Gasteiger partial charge in [-0.05, 0) is 33.1 Å². The van der Waals surface area contributed by atoms with Crippen molar-refractivity contribution >= 4 is 0 Å². The first-order valence-corrected chi connectivity index (χ1v) is 10.2. The van der Waals surface area contributed by atoms with Crippen LogP contribution in [0.15, 0.2) is 12.2 Å². The highest BCUT2D eigenvalue weighted by Gasteiger charge is 2.49. The lowest BCUT2D eigenvalue weighted by Gasteiger charge is -2.35. The van der Waals surface area contributed by atoms with Crippen LogP contribution in [0.5, 0.6) is 0 Å². The van der Waals surface area contributed by atoms with Crippen LogP contribution in [0, 0.1) is 0 Å². The van der Waals surface area contributed by atoms with Gasteiger partial charge in [0.15, 0.2) is 0 Å².